The molecule has 0 amide bonds. The number of hydrogen-bond donors (Lipinski definition) is 0. The van der Waals surface area contributed by atoms with Crippen LogP contribution in [0.4, 0.5) is 0 Å². The molecule has 0 aromatic heterocycles. The van der Waals surface area contributed by atoms with Gasteiger partial charge in [0.05, 0.1) is 379 Å². The summed E-state index contributed by atoms with van der Waals surface area (Å²) < 4.78 is 0. The molecule has 0 saturated heterocycles. The van der Waals surface area contributed by atoms with Gasteiger partial charge in [0, 0.05) is 300 Å². The maximum absolute atomic E-state index is 2.84. The van der Waals surface area contributed by atoms with Crippen LogP contribution in [-0.4, -0.2) is 679 Å². The molecule has 0 nitrogen and oxygen atoms in total. The summed E-state index contributed by atoms with van der Waals surface area (Å²) in [5, 5.41) is 0. The van der Waals surface area contributed by atoms with Crippen LogP contribution in [0.5, 0.6) is 0 Å². The van der Waals surface area contributed by atoms with Gasteiger partial charge in [-0.3, -0.25) is 0 Å². The van der Waals surface area contributed by atoms with E-state index in [0.29, 0.717) is 300 Å². The summed E-state index contributed by atoms with van der Waals surface area (Å²) in [6.45, 7) is 0. The van der Waals surface area contributed by atoms with Gasteiger partial charge in [-0.25, -0.2) is 0 Å². The zero-order valence-electron chi connectivity index (χ0n) is 76.1. The molecule has 0 aliphatic rings. The lowest BCUT2D eigenvalue weighted by molar-refractivity contribution is 3.13. The van der Waals surface area contributed by atoms with Gasteiger partial charge in [0.2, 0.25) is 0 Å². The van der Waals surface area contributed by atoms with E-state index >= 15 is 0 Å². The Morgan fingerprint density at radius 3 is 0.188 bits per heavy atom. The molecule has 0 heterocycles. The minimum Gasteiger partial charge on any atom is 0.000000164 e. The predicted octanol–water partition coefficient (Wildman–Crippen LogP) is -62.8. The fourth-order valence-electron chi connectivity index (χ4n) is 27.8. The second-order valence-electron chi connectivity index (χ2n) is 43.4. The van der Waals surface area contributed by atoms with E-state index in [0.717, 1.165) is 0 Å². The van der Waals surface area contributed by atoms with Crippen LogP contribution in [0.25, 0.3) is 0 Å². The average molecular weight is 1140 g/mol. The minimum atomic E-state index is 0.436. The molecule has 0 spiro atoms. The van der Waals surface area contributed by atoms with E-state index < -0.39 is 0 Å². The lowest BCUT2D eigenvalue weighted by atomic mass is 8.18. The van der Waals surface area contributed by atoms with Crippen molar-refractivity contribution in [2.24, 2.45) is 0 Å². The third kappa shape index (κ3) is 27.3. The molecule has 0 unspecified atom stereocenters. The molecule has 0 aliphatic carbocycles. The van der Waals surface area contributed by atoms with Gasteiger partial charge in [-0.2, -0.15) is 0 Å². The first-order valence-corrected chi connectivity index (χ1v) is 43.6. The van der Waals surface area contributed by atoms with Gasteiger partial charge >= 0.3 is 0 Å². The molecule has 0 N–H and O–H groups in total. The highest BCUT2D eigenvalue weighted by atomic mass is 13.5. The second-order valence-corrected chi connectivity index (χ2v) is 43.4. The third-order valence-corrected chi connectivity index (χ3v) is 28.7. The normalized spacial score (nSPS) is 9.83. The number of rotatable bonds is 46. The van der Waals surface area contributed by atoms with Crippen LogP contribution in [0.3, 0.4) is 0 Å². The van der Waals surface area contributed by atoms with E-state index in [2.05, 4.69) is 379 Å². The van der Waals surface area contributed by atoms with E-state index in [1.165, 1.54) is 0 Å². The van der Waals surface area contributed by atoms with Gasteiger partial charge in [-0.05, 0) is 0 Å². The van der Waals surface area contributed by atoms with Crippen molar-refractivity contribution in [1.29, 1.82) is 0 Å². The van der Waals surface area contributed by atoms with Crippen LogP contribution in [0.1, 0.15) is 0 Å². The Hall–Kier alpha value is 6.23. The van der Waals surface area contributed by atoms with Crippen molar-refractivity contribution >= 4 is 679 Å². The first-order chi connectivity index (χ1) is 43.6. The van der Waals surface area contributed by atoms with E-state index in [-0.39, 0.29) is 0 Å². The largest absolute Gasteiger partial charge is 0.0552 e. The van der Waals surface area contributed by atoms with Crippen LogP contribution in [0, 0.1) is 0 Å². The zero-order valence-corrected chi connectivity index (χ0v) is 76.1. The van der Waals surface area contributed by atoms with E-state index in [4.69, 9.17) is 0 Å². The summed E-state index contributed by atoms with van der Waals surface area (Å²) in [7, 11) is 136. The Balaban J connectivity index is 14.3. The topological polar surface area (TPSA) is 0 Å². The van der Waals surface area contributed by atoms with Crippen molar-refractivity contribution in [3.8, 4) is 0 Å². The van der Waals surface area contributed by atoms with E-state index in [1.54, 1.807) is 0 Å². The molecule has 0 saturated carbocycles. The molecule has 96 heteroatoms. The summed E-state index contributed by atoms with van der Waals surface area (Å²) in [4.78, 5) is 0. The first-order valence-electron chi connectivity index (χ1n) is 43.6. The van der Waals surface area contributed by atoms with E-state index in [9.17, 15) is 0 Å². The van der Waals surface area contributed by atoms with Gasteiger partial charge in [0.15, 0.2) is 0 Å². The predicted molar refractivity (Wildman–Crippen MR) is 689 cm³/mol. The first kappa shape index (κ1) is 102. The Kier molecular flexibility index (Phi) is 50.0. The highest BCUT2D eigenvalue weighted by molar-refractivity contribution is 8.43. The fraction of sp³-hybridized carbons (Fsp3) is 0. The SMILES string of the molecule is BB(B)B(B)B(B(B)B)B(B(B(B)B)B(B)B)B(B(B(B(B)B)B(B)B)B(B(B)B)B(B)B)B(B(B(B(B(B)B)B(B)B)B(B(B)B)B(B)B)B(B(B(B)B)B(B)B)B(B(B)B)B(B)B)B(B(B(B(B)B)B(B)B)B(B(B)B)B(B)B)B(B(B(B)B)B(B)B)B(B(B)B)B(B)B. The Bertz CT molecular complexity index is 1600. The molecular formula is H98B96. The second kappa shape index (κ2) is 46.9. The third-order valence-electron chi connectivity index (χ3n) is 28.7. The zero-order chi connectivity index (χ0) is 76.1. The lowest BCUT2D eigenvalue weighted by Crippen LogP contribution is -3.01. The minimum absolute atomic E-state index is 0.436. The van der Waals surface area contributed by atoms with Crippen LogP contribution < -0.4 is 0 Å². The van der Waals surface area contributed by atoms with Gasteiger partial charge in [-0.15, -0.1) is 0 Å². The summed E-state index contributed by atoms with van der Waals surface area (Å²) in [6.07, 6.45) is 25.1. The molecular weight excluding hydrogens is 1040 g/mol. The molecule has 0 aromatic carbocycles. The van der Waals surface area contributed by atoms with Crippen LogP contribution in [0.15, 0.2) is 0 Å². The molecule has 0 bridgehead atoms. The summed E-state index contributed by atoms with van der Waals surface area (Å²) in [5.41, 5.74) is 0. The van der Waals surface area contributed by atoms with Crippen LogP contribution >= 0.6 is 0 Å². The Labute approximate surface area is 672 Å². The van der Waals surface area contributed by atoms with Crippen LogP contribution in [0.2, 0.25) is 0 Å². The highest BCUT2D eigenvalue weighted by Crippen LogP contribution is 2.30. The van der Waals surface area contributed by atoms with Gasteiger partial charge in [0.1, 0.15) is 0 Å². The molecule has 0 aliphatic heterocycles. The lowest BCUT2D eigenvalue weighted by Gasteiger charge is -2.62. The molecule has 96 heavy (non-hydrogen) atoms. The maximum atomic E-state index is 2.84. The highest BCUT2D eigenvalue weighted by Gasteiger charge is 2.69. The van der Waals surface area contributed by atoms with Crippen molar-refractivity contribution in [3.63, 3.8) is 0 Å². The fourth-order valence-corrected chi connectivity index (χ4v) is 27.8. The number of hydrogen-bond acceptors (Lipinski definition) is 0. The molecule has 0 fully saturated rings. The molecule has 0 atom stereocenters. The monoisotopic (exact) mass is 1160 g/mol. The standard InChI is InChI=1S/B96H98/c1-50(2)74(49)86(73(47)48)92(85(71(43)44)72(45)46)95(91(83(67(35)36)68(37)38)84(69(39)40)70(41)42)96(93(87(75(51(3)4)52(5)6)76(53(7)8)54(9)10)88(77(55(11)12)56(13)14)78(57(15)16)58(17)18)94(89(79(59(19)20)60(21)22)80(61(23)24)62(25)26)90(81(63(27)28)64(29)30)82(65(31)32)66(33)34/h1-49H2. The van der Waals surface area contributed by atoms with Crippen LogP contribution in [-0.2, 0) is 0 Å². The smallest absolute Gasteiger partial charge is 0.000000164 e. The van der Waals surface area contributed by atoms with Crippen molar-refractivity contribution in [2.75, 3.05) is 0 Å². The molecule has 0 aromatic rings. The molecule has 0 rings (SSSR count). The van der Waals surface area contributed by atoms with Crippen molar-refractivity contribution in [3.05, 3.63) is 0 Å². The average Bonchev–Trinajstić information content (AvgIpc) is 3.36. The summed E-state index contributed by atoms with van der Waals surface area (Å²) in [5.74, 6) is 0. The van der Waals surface area contributed by atoms with Crippen molar-refractivity contribution < 1.29 is 0 Å². The van der Waals surface area contributed by atoms with E-state index in [1.807, 2.05) is 0 Å². The Morgan fingerprint density at radius 2 is 0.125 bits per heavy atom. The van der Waals surface area contributed by atoms with Gasteiger partial charge in [0.25, 0.3) is 0 Å². The summed E-state index contributed by atoms with van der Waals surface area (Å²) in [6, 6.07) is 0. The maximum Gasteiger partial charge on any atom is 0.0552 e. The van der Waals surface area contributed by atoms with Gasteiger partial charge in [-0.1, -0.05) is 0 Å². The molecule has 386 valence electrons. The molecule has 0 radical (unpaired) electrons. The van der Waals surface area contributed by atoms with Gasteiger partial charge < -0.3 is 0 Å². The Morgan fingerprint density at radius 1 is 0.0625 bits per heavy atom. The quantitative estimate of drug-likeness (QED) is 0.0533. The summed E-state index contributed by atoms with van der Waals surface area (Å²) >= 11 is 0. The van der Waals surface area contributed by atoms with Crippen molar-refractivity contribution in [1.82, 2.24) is 0 Å². The van der Waals surface area contributed by atoms with Crippen molar-refractivity contribution in [2.45, 2.75) is 0 Å².